The lowest BCUT2D eigenvalue weighted by Crippen LogP contribution is -2.58. The lowest BCUT2D eigenvalue weighted by molar-refractivity contribution is -0.183. The second kappa shape index (κ2) is 4.60. The van der Waals surface area contributed by atoms with Crippen LogP contribution in [0.25, 0.3) is 0 Å². The van der Waals surface area contributed by atoms with E-state index in [0.29, 0.717) is 12.8 Å². The van der Waals surface area contributed by atoms with Gasteiger partial charge in [0.25, 0.3) is 0 Å². The van der Waals surface area contributed by atoms with Gasteiger partial charge in [-0.2, -0.15) is 0 Å². The number of hydrogen-bond acceptors (Lipinski definition) is 3. The first-order valence-electron chi connectivity index (χ1n) is 7.01. The van der Waals surface area contributed by atoms with Crippen molar-refractivity contribution in [3.8, 4) is 0 Å². The highest BCUT2D eigenvalue weighted by atomic mass is 16.4. The summed E-state index contributed by atoms with van der Waals surface area (Å²) in [6.45, 7) is 7.50. The highest BCUT2D eigenvalue weighted by Gasteiger charge is 2.55. The Kier molecular flexibility index (Phi) is 3.52. The first-order valence-corrected chi connectivity index (χ1v) is 7.01. The molecule has 3 N–H and O–H groups in total. The highest BCUT2D eigenvalue weighted by Crippen LogP contribution is 2.56. The van der Waals surface area contributed by atoms with Crippen LogP contribution in [-0.2, 0) is 4.79 Å². The molecule has 0 radical (unpaired) electrons. The smallest absolute Gasteiger partial charge is 0.331 e. The molecule has 2 saturated carbocycles. The summed E-state index contributed by atoms with van der Waals surface area (Å²) in [4.78, 5) is 11.1. The van der Waals surface area contributed by atoms with Crippen molar-refractivity contribution in [3.05, 3.63) is 12.2 Å². The maximum Gasteiger partial charge on any atom is 0.331 e. The van der Waals surface area contributed by atoms with Gasteiger partial charge in [0.15, 0.2) is 0 Å². The van der Waals surface area contributed by atoms with E-state index in [-0.39, 0.29) is 22.8 Å². The fraction of sp³-hybridized carbons (Fsp3) is 0.800. The molecule has 19 heavy (non-hydrogen) atoms. The van der Waals surface area contributed by atoms with Crippen LogP contribution in [0, 0.1) is 17.3 Å². The van der Waals surface area contributed by atoms with Gasteiger partial charge in [0.05, 0.1) is 11.7 Å². The number of fused-ring (bicyclic) bond motifs is 1. The second-order valence-corrected chi connectivity index (χ2v) is 6.79. The zero-order chi connectivity index (χ0) is 14.4. The predicted molar refractivity (Wildman–Crippen MR) is 71.6 cm³/mol. The van der Waals surface area contributed by atoms with Crippen molar-refractivity contribution < 1.29 is 20.1 Å². The van der Waals surface area contributed by atoms with E-state index >= 15 is 0 Å². The summed E-state index contributed by atoms with van der Waals surface area (Å²) < 4.78 is 0. The third kappa shape index (κ3) is 2.32. The van der Waals surface area contributed by atoms with Gasteiger partial charge in [-0.3, -0.25) is 0 Å². The molecule has 0 unspecified atom stereocenters. The molecule has 0 aliphatic heterocycles. The number of aliphatic hydroxyl groups is 2. The molecule has 0 amide bonds. The van der Waals surface area contributed by atoms with E-state index in [2.05, 4.69) is 13.5 Å². The summed E-state index contributed by atoms with van der Waals surface area (Å²) in [5, 5.41) is 29.7. The fourth-order valence-corrected chi connectivity index (χ4v) is 4.09. The largest absolute Gasteiger partial charge is 0.478 e. The van der Waals surface area contributed by atoms with Crippen molar-refractivity contribution in [1.29, 1.82) is 0 Å². The molecule has 0 saturated heterocycles. The topological polar surface area (TPSA) is 77.8 Å². The fourth-order valence-electron chi connectivity index (χ4n) is 4.09. The zero-order valence-corrected chi connectivity index (χ0v) is 11.7. The summed E-state index contributed by atoms with van der Waals surface area (Å²) in [6.07, 6.45) is 3.08. The first kappa shape index (κ1) is 14.5. The van der Waals surface area contributed by atoms with Crippen LogP contribution in [-0.4, -0.2) is 33.0 Å². The number of carboxylic acid groups (broad SMARTS) is 1. The van der Waals surface area contributed by atoms with Crippen molar-refractivity contribution >= 4 is 5.97 Å². The summed E-state index contributed by atoms with van der Waals surface area (Å²) >= 11 is 0. The van der Waals surface area contributed by atoms with Gasteiger partial charge in [0, 0.05) is 5.57 Å². The first-order chi connectivity index (χ1) is 8.68. The summed E-state index contributed by atoms with van der Waals surface area (Å²) in [6, 6.07) is 0. The molecule has 0 bridgehead atoms. The molecule has 4 nitrogen and oxygen atoms in total. The van der Waals surface area contributed by atoms with E-state index in [1.807, 2.05) is 0 Å². The van der Waals surface area contributed by atoms with Gasteiger partial charge in [0.2, 0.25) is 0 Å². The van der Waals surface area contributed by atoms with Crippen LogP contribution in [0.4, 0.5) is 0 Å². The molecule has 2 aliphatic rings. The molecule has 5 atom stereocenters. The maximum absolute atomic E-state index is 11.1. The lowest BCUT2D eigenvalue weighted by Gasteiger charge is -2.55. The Labute approximate surface area is 114 Å². The van der Waals surface area contributed by atoms with E-state index < -0.39 is 17.7 Å². The van der Waals surface area contributed by atoms with Crippen LogP contribution < -0.4 is 0 Å². The molecule has 0 heterocycles. The van der Waals surface area contributed by atoms with Crippen molar-refractivity contribution in [2.75, 3.05) is 0 Å². The number of aliphatic carboxylic acids is 1. The number of carbonyl (C=O) groups is 1. The Hall–Kier alpha value is -0.870. The molecule has 0 aromatic rings. The predicted octanol–water partition coefficient (Wildman–Crippen LogP) is 1.96. The molecular formula is C15H24O4. The van der Waals surface area contributed by atoms with Gasteiger partial charge in [0.1, 0.15) is 0 Å². The van der Waals surface area contributed by atoms with E-state index in [4.69, 9.17) is 5.11 Å². The minimum Gasteiger partial charge on any atom is -0.478 e. The number of rotatable bonds is 2. The van der Waals surface area contributed by atoms with Crippen LogP contribution in [0.15, 0.2) is 12.2 Å². The van der Waals surface area contributed by atoms with Crippen molar-refractivity contribution in [2.45, 2.75) is 57.7 Å². The Bertz CT molecular complexity index is 396. The number of aliphatic hydroxyl groups excluding tert-OH is 1. The third-order valence-corrected chi connectivity index (χ3v) is 5.56. The molecular weight excluding hydrogens is 244 g/mol. The molecule has 108 valence electrons. The van der Waals surface area contributed by atoms with Crippen molar-refractivity contribution in [3.63, 3.8) is 0 Å². The minimum atomic E-state index is -1.13. The van der Waals surface area contributed by atoms with Crippen LogP contribution in [0.2, 0.25) is 0 Å². The monoisotopic (exact) mass is 268 g/mol. The Morgan fingerprint density at radius 1 is 1.26 bits per heavy atom. The summed E-state index contributed by atoms with van der Waals surface area (Å²) in [5.74, 6) is -1.12. The van der Waals surface area contributed by atoms with E-state index in [1.165, 1.54) is 0 Å². The van der Waals surface area contributed by atoms with Crippen LogP contribution in [0.3, 0.4) is 0 Å². The van der Waals surface area contributed by atoms with Crippen molar-refractivity contribution in [1.82, 2.24) is 0 Å². The molecule has 4 heteroatoms. The normalized spacial score (nSPS) is 46.4. The number of carboxylic acids is 1. The van der Waals surface area contributed by atoms with E-state index in [0.717, 1.165) is 19.3 Å². The van der Waals surface area contributed by atoms with Gasteiger partial charge < -0.3 is 15.3 Å². The van der Waals surface area contributed by atoms with E-state index in [9.17, 15) is 15.0 Å². The van der Waals surface area contributed by atoms with Crippen LogP contribution >= 0.6 is 0 Å². The SMILES string of the molecule is C=C(C(=O)O)[C@H]1CC[C@@]2(C)CC[C@@H](O)[C@](C)(O)[C@H]2C1. The maximum atomic E-state index is 11.1. The van der Waals surface area contributed by atoms with Gasteiger partial charge in [-0.05, 0) is 56.3 Å². The molecule has 2 rings (SSSR count). The van der Waals surface area contributed by atoms with Gasteiger partial charge in [-0.25, -0.2) is 4.79 Å². The standard InChI is InChI=1S/C15H24O4/c1-9(13(17)18)10-4-6-14(2)7-5-12(16)15(3,19)11(14)8-10/h10-12,16,19H,1,4-8H2,2-3H3,(H,17,18)/t10-,11-,12+,14-,15+/m0/s1. The second-order valence-electron chi connectivity index (χ2n) is 6.79. The summed E-state index contributed by atoms with van der Waals surface area (Å²) in [7, 11) is 0. The molecule has 0 aromatic carbocycles. The summed E-state index contributed by atoms with van der Waals surface area (Å²) in [5.41, 5.74) is -0.902. The third-order valence-electron chi connectivity index (χ3n) is 5.56. The average Bonchev–Trinajstić information content (AvgIpc) is 2.34. The Morgan fingerprint density at radius 3 is 2.42 bits per heavy atom. The molecule has 0 spiro atoms. The molecule has 2 fully saturated rings. The molecule has 0 aromatic heterocycles. The van der Waals surface area contributed by atoms with Crippen LogP contribution in [0.1, 0.15) is 46.0 Å². The van der Waals surface area contributed by atoms with E-state index in [1.54, 1.807) is 6.92 Å². The van der Waals surface area contributed by atoms with Gasteiger partial charge >= 0.3 is 5.97 Å². The number of hydrogen-bond donors (Lipinski definition) is 3. The lowest BCUT2D eigenvalue weighted by atomic mass is 9.52. The minimum absolute atomic E-state index is 0.00197. The highest BCUT2D eigenvalue weighted by molar-refractivity contribution is 5.86. The molecule has 2 aliphatic carbocycles. The van der Waals surface area contributed by atoms with Gasteiger partial charge in [-0.15, -0.1) is 0 Å². The average molecular weight is 268 g/mol. The van der Waals surface area contributed by atoms with Crippen molar-refractivity contribution in [2.24, 2.45) is 17.3 Å². The quantitative estimate of drug-likeness (QED) is 0.669. The van der Waals surface area contributed by atoms with Crippen LogP contribution in [0.5, 0.6) is 0 Å². The Balaban J connectivity index is 2.24. The zero-order valence-electron chi connectivity index (χ0n) is 11.7. The Morgan fingerprint density at radius 2 is 1.84 bits per heavy atom. The van der Waals surface area contributed by atoms with Gasteiger partial charge in [-0.1, -0.05) is 13.5 Å².